The van der Waals surface area contributed by atoms with Gasteiger partial charge < -0.3 is 24.6 Å². The van der Waals surface area contributed by atoms with Gasteiger partial charge in [-0.15, -0.1) is 10.2 Å². The van der Waals surface area contributed by atoms with E-state index in [-0.39, 0.29) is 6.10 Å². The normalized spacial score (nSPS) is 17.4. The number of rotatable bonds is 6. The van der Waals surface area contributed by atoms with E-state index in [0.29, 0.717) is 13.1 Å². The van der Waals surface area contributed by atoms with Crippen LogP contribution in [-0.2, 0) is 20.0 Å². The number of hydrogen-bond acceptors (Lipinski definition) is 5. The molecule has 8 nitrogen and oxygen atoms in total. The molecule has 2 N–H and O–H groups in total. The molecule has 1 aliphatic rings. The van der Waals surface area contributed by atoms with Crippen LogP contribution in [0.1, 0.15) is 23.6 Å². The molecule has 1 aromatic carbocycles. The smallest absolute Gasteiger partial charge is 0.194 e. The van der Waals surface area contributed by atoms with Crippen LogP contribution in [-0.4, -0.2) is 63.6 Å². The molecule has 1 aliphatic heterocycles. The number of methoxy groups -OCH3 is 1. The second-order valence-electron chi connectivity index (χ2n) is 6.78. The van der Waals surface area contributed by atoms with Gasteiger partial charge in [0.2, 0.25) is 0 Å². The monoisotopic (exact) mass is 372 g/mol. The van der Waals surface area contributed by atoms with Crippen LogP contribution >= 0.6 is 0 Å². The van der Waals surface area contributed by atoms with Crippen molar-refractivity contribution in [3.05, 3.63) is 41.5 Å². The molecule has 0 bridgehead atoms. The van der Waals surface area contributed by atoms with Crippen molar-refractivity contribution in [2.45, 2.75) is 32.4 Å². The lowest BCUT2D eigenvalue weighted by Gasteiger charge is -2.21. The Balaban J connectivity index is 1.62. The fourth-order valence-electron chi connectivity index (χ4n) is 3.05. The number of ether oxygens (including phenoxy) is 1. The van der Waals surface area contributed by atoms with Crippen molar-refractivity contribution in [1.82, 2.24) is 25.0 Å². The van der Waals surface area contributed by atoms with Crippen LogP contribution in [0.25, 0.3) is 0 Å². The molecule has 2 aromatic rings. The molecule has 1 atom stereocenters. The SMILES string of the molecule is COc1ccc(CCNC(=NCc2nnc(C)n2C)N2CC[C@@H](O)C2)cc1. The molecule has 0 radical (unpaired) electrons. The maximum atomic E-state index is 9.87. The molecule has 1 aromatic heterocycles. The van der Waals surface area contributed by atoms with Gasteiger partial charge in [0.05, 0.1) is 13.2 Å². The van der Waals surface area contributed by atoms with E-state index in [0.717, 1.165) is 49.3 Å². The summed E-state index contributed by atoms with van der Waals surface area (Å²) in [6, 6.07) is 8.08. The number of nitrogens with one attached hydrogen (secondary N) is 1. The van der Waals surface area contributed by atoms with E-state index in [1.807, 2.05) is 30.7 Å². The minimum absolute atomic E-state index is 0.296. The van der Waals surface area contributed by atoms with Crippen LogP contribution in [0, 0.1) is 6.92 Å². The fraction of sp³-hybridized carbons (Fsp3) is 0.526. The van der Waals surface area contributed by atoms with Crippen molar-refractivity contribution in [2.75, 3.05) is 26.7 Å². The van der Waals surface area contributed by atoms with Gasteiger partial charge in [-0.1, -0.05) is 12.1 Å². The number of guanidine groups is 1. The number of likely N-dealkylation sites (tertiary alicyclic amines) is 1. The Kier molecular flexibility index (Phi) is 6.28. The highest BCUT2D eigenvalue weighted by molar-refractivity contribution is 5.80. The van der Waals surface area contributed by atoms with Crippen LogP contribution in [0.4, 0.5) is 0 Å². The van der Waals surface area contributed by atoms with Gasteiger partial charge in [-0.3, -0.25) is 0 Å². The number of aryl methyl sites for hydroxylation is 1. The molecule has 0 saturated carbocycles. The van der Waals surface area contributed by atoms with Crippen molar-refractivity contribution >= 4 is 5.96 Å². The van der Waals surface area contributed by atoms with Crippen molar-refractivity contribution in [1.29, 1.82) is 0 Å². The second-order valence-corrected chi connectivity index (χ2v) is 6.78. The molecule has 8 heteroatoms. The summed E-state index contributed by atoms with van der Waals surface area (Å²) in [7, 11) is 3.61. The zero-order chi connectivity index (χ0) is 19.2. The highest BCUT2D eigenvalue weighted by Crippen LogP contribution is 2.12. The maximum absolute atomic E-state index is 9.87. The Morgan fingerprint density at radius 2 is 2.11 bits per heavy atom. The van der Waals surface area contributed by atoms with E-state index in [9.17, 15) is 5.11 Å². The number of aliphatic hydroxyl groups excluding tert-OH is 1. The summed E-state index contributed by atoms with van der Waals surface area (Å²) in [5.74, 6) is 3.35. The lowest BCUT2D eigenvalue weighted by molar-refractivity contribution is 0.187. The molecule has 27 heavy (non-hydrogen) atoms. The van der Waals surface area contributed by atoms with Gasteiger partial charge in [-0.25, -0.2) is 4.99 Å². The zero-order valence-electron chi connectivity index (χ0n) is 16.2. The lowest BCUT2D eigenvalue weighted by Crippen LogP contribution is -2.41. The van der Waals surface area contributed by atoms with Gasteiger partial charge in [-0.2, -0.15) is 0 Å². The number of hydrogen-bond donors (Lipinski definition) is 2. The van der Waals surface area contributed by atoms with E-state index >= 15 is 0 Å². The second kappa shape index (κ2) is 8.85. The van der Waals surface area contributed by atoms with Gasteiger partial charge in [-0.05, 0) is 37.5 Å². The van der Waals surface area contributed by atoms with E-state index in [4.69, 9.17) is 9.73 Å². The highest BCUT2D eigenvalue weighted by Gasteiger charge is 2.23. The predicted molar refractivity (Wildman–Crippen MR) is 104 cm³/mol. The Morgan fingerprint density at radius 1 is 1.33 bits per heavy atom. The van der Waals surface area contributed by atoms with Crippen LogP contribution in [0.3, 0.4) is 0 Å². The molecule has 2 heterocycles. The number of aliphatic imine (C=N–C) groups is 1. The standard InChI is InChI=1S/C19H28N6O2/c1-14-22-23-18(24(14)2)12-21-19(25-11-9-16(26)13-25)20-10-8-15-4-6-17(27-3)7-5-15/h4-7,16,26H,8-13H2,1-3H3,(H,20,21)/t16-/m1/s1. The Hall–Kier alpha value is -2.61. The van der Waals surface area contributed by atoms with E-state index in [1.165, 1.54) is 5.56 Å². The minimum atomic E-state index is -0.296. The van der Waals surface area contributed by atoms with Crippen molar-refractivity contribution in [3.8, 4) is 5.75 Å². The third kappa shape index (κ3) is 4.97. The molecular weight excluding hydrogens is 344 g/mol. The number of aromatic nitrogens is 3. The molecular formula is C19H28N6O2. The van der Waals surface area contributed by atoms with Crippen LogP contribution in [0.15, 0.2) is 29.3 Å². The average Bonchev–Trinajstić information content (AvgIpc) is 3.25. The lowest BCUT2D eigenvalue weighted by atomic mass is 10.1. The molecule has 1 fully saturated rings. The molecule has 0 unspecified atom stereocenters. The van der Waals surface area contributed by atoms with E-state index < -0.39 is 0 Å². The van der Waals surface area contributed by atoms with Gasteiger partial charge in [0, 0.05) is 26.7 Å². The van der Waals surface area contributed by atoms with Crippen molar-refractivity contribution in [2.24, 2.45) is 12.0 Å². The van der Waals surface area contributed by atoms with E-state index in [1.54, 1.807) is 7.11 Å². The highest BCUT2D eigenvalue weighted by atomic mass is 16.5. The van der Waals surface area contributed by atoms with E-state index in [2.05, 4.69) is 32.5 Å². The first-order valence-corrected chi connectivity index (χ1v) is 9.26. The van der Waals surface area contributed by atoms with Gasteiger partial charge in [0.1, 0.15) is 18.1 Å². The first-order valence-electron chi connectivity index (χ1n) is 9.26. The summed E-state index contributed by atoms with van der Waals surface area (Å²) in [5.41, 5.74) is 1.23. The summed E-state index contributed by atoms with van der Waals surface area (Å²) in [6.07, 6.45) is 1.35. The molecule has 146 valence electrons. The first-order chi connectivity index (χ1) is 13.1. The number of nitrogens with zero attached hydrogens (tertiary/aromatic N) is 5. The molecule has 0 amide bonds. The zero-order valence-corrected chi connectivity index (χ0v) is 16.2. The molecule has 0 spiro atoms. The largest absolute Gasteiger partial charge is 0.497 e. The molecule has 1 saturated heterocycles. The Morgan fingerprint density at radius 3 is 2.70 bits per heavy atom. The van der Waals surface area contributed by atoms with Gasteiger partial charge >= 0.3 is 0 Å². The topological polar surface area (TPSA) is 87.8 Å². The summed E-state index contributed by atoms with van der Waals surface area (Å²) in [5, 5.41) is 21.6. The number of aliphatic hydroxyl groups is 1. The third-order valence-corrected chi connectivity index (χ3v) is 4.87. The van der Waals surface area contributed by atoms with Crippen LogP contribution in [0.2, 0.25) is 0 Å². The Bertz CT molecular complexity index is 771. The summed E-state index contributed by atoms with van der Waals surface area (Å²) >= 11 is 0. The Labute approximate surface area is 159 Å². The predicted octanol–water partition coefficient (Wildman–Crippen LogP) is 0.887. The summed E-state index contributed by atoms with van der Waals surface area (Å²) in [6.45, 7) is 4.54. The molecule has 0 aliphatic carbocycles. The van der Waals surface area contributed by atoms with Gasteiger partial charge in [0.15, 0.2) is 11.8 Å². The third-order valence-electron chi connectivity index (χ3n) is 4.87. The number of β-amino-alcohol motifs (C(OH)–C–C–N with tert-alkyl or cyclic N) is 1. The van der Waals surface area contributed by atoms with Crippen LogP contribution < -0.4 is 10.1 Å². The van der Waals surface area contributed by atoms with Crippen molar-refractivity contribution in [3.63, 3.8) is 0 Å². The van der Waals surface area contributed by atoms with Crippen LogP contribution in [0.5, 0.6) is 5.75 Å². The molecule has 3 rings (SSSR count). The maximum Gasteiger partial charge on any atom is 0.194 e. The average molecular weight is 372 g/mol. The van der Waals surface area contributed by atoms with Crippen molar-refractivity contribution < 1.29 is 9.84 Å². The summed E-state index contributed by atoms with van der Waals surface area (Å²) in [4.78, 5) is 6.82. The summed E-state index contributed by atoms with van der Waals surface area (Å²) < 4.78 is 7.14. The van der Waals surface area contributed by atoms with Gasteiger partial charge in [0.25, 0.3) is 0 Å². The number of benzene rings is 1. The first kappa shape index (κ1) is 19.2. The minimum Gasteiger partial charge on any atom is -0.497 e. The fourth-order valence-corrected chi connectivity index (χ4v) is 3.05. The quantitative estimate of drug-likeness (QED) is 0.578.